The number of rotatable bonds is 4. The molecule has 0 unspecified atom stereocenters. The van der Waals surface area contributed by atoms with Crippen molar-refractivity contribution in [3.63, 3.8) is 0 Å². The zero-order valence-corrected chi connectivity index (χ0v) is 16.0. The third-order valence-corrected chi connectivity index (χ3v) is 5.54. The normalized spacial score (nSPS) is 19.0. The number of aromatic nitrogens is 2. The highest BCUT2D eigenvalue weighted by molar-refractivity contribution is 9.10. The molecule has 2 aliphatic heterocycles. The molecular weight excluding hydrogens is 398 g/mol. The first-order valence-electron chi connectivity index (χ1n) is 8.82. The van der Waals surface area contributed by atoms with Gasteiger partial charge in [0.15, 0.2) is 0 Å². The number of hydrogen-bond donors (Lipinski definition) is 0. The van der Waals surface area contributed by atoms with Gasteiger partial charge in [0.2, 0.25) is 11.8 Å². The Kier molecular flexibility index (Phi) is 4.86. The molecule has 8 heteroatoms. The maximum atomic E-state index is 11.7. The lowest BCUT2D eigenvalue weighted by molar-refractivity contribution is -0.138. The Morgan fingerprint density at radius 3 is 2.42 bits per heavy atom. The molecule has 0 aliphatic carbocycles. The van der Waals surface area contributed by atoms with Gasteiger partial charge in [-0.25, -0.2) is 9.97 Å². The van der Waals surface area contributed by atoms with Gasteiger partial charge in [0, 0.05) is 62.0 Å². The van der Waals surface area contributed by atoms with Crippen LogP contribution in [0.4, 0.5) is 5.82 Å². The van der Waals surface area contributed by atoms with Crippen molar-refractivity contribution in [3.8, 4) is 0 Å². The average molecular weight is 418 g/mol. The van der Waals surface area contributed by atoms with Crippen molar-refractivity contribution < 1.29 is 9.59 Å². The minimum atomic E-state index is -0.0355. The minimum absolute atomic E-state index is 0.0355. The van der Waals surface area contributed by atoms with Gasteiger partial charge >= 0.3 is 0 Å². The highest BCUT2D eigenvalue weighted by Crippen LogP contribution is 2.26. The fourth-order valence-electron chi connectivity index (χ4n) is 3.56. The van der Waals surface area contributed by atoms with E-state index in [-0.39, 0.29) is 11.8 Å². The van der Waals surface area contributed by atoms with E-state index >= 15 is 0 Å². The number of fused-ring (bicyclic) bond motifs is 1. The summed E-state index contributed by atoms with van der Waals surface area (Å²) in [6.07, 6.45) is 2.34. The highest BCUT2D eigenvalue weighted by atomic mass is 79.9. The topological polar surface area (TPSA) is 69.6 Å². The summed E-state index contributed by atoms with van der Waals surface area (Å²) >= 11 is 3.52. The van der Waals surface area contributed by atoms with Gasteiger partial charge < -0.3 is 4.90 Å². The summed E-state index contributed by atoms with van der Waals surface area (Å²) in [6.45, 7) is 4.73. The third-order valence-electron chi connectivity index (χ3n) is 5.04. The van der Waals surface area contributed by atoms with E-state index in [0.717, 1.165) is 53.9 Å². The zero-order chi connectivity index (χ0) is 18.1. The standard InChI is InChI=1S/C18H20BrN5O2/c19-13-1-2-15-14(11-13)18(21-12-20-15)23-8-5-22(6-9-23)7-10-24-16(25)3-4-17(24)26/h1-2,11-12H,3-10H2. The number of likely N-dealkylation sites (tertiary alicyclic amines) is 1. The van der Waals surface area contributed by atoms with Crippen LogP contribution in [-0.4, -0.2) is 70.9 Å². The molecule has 0 radical (unpaired) electrons. The first-order chi connectivity index (χ1) is 12.6. The summed E-state index contributed by atoms with van der Waals surface area (Å²) < 4.78 is 1.01. The molecule has 26 heavy (non-hydrogen) atoms. The lowest BCUT2D eigenvalue weighted by Gasteiger charge is -2.36. The number of imide groups is 1. The summed E-state index contributed by atoms with van der Waals surface area (Å²) in [7, 11) is 0. The van der Waals surface area contributed by atoms with E-state index in [0.29, 0.717) is 19.4 Å². The van der Waals surface area contributed by atoms with E-state index in [9.17, 15) is 9.59 Å². The van der Waals surface area contributed by atoms with Crippen molar-refractivity contribution in [2.75, 3.05) is 44.2 Å². The van der Waals surface area contributed by atoms with E-state index in [1.807, 2.05) is 12.1 Å². The molecule has 4 rings (SSSR count). The maximum absolute atomic E-state index is 11.7. The fourth-order valence-corrected chi connectivity index (χ4v) is 3.93. The Labute approximate surface area is 160 Å². The Bertz CT molecular complexity index is 835. The van der Waals surface area contributed by atoms with Crippen molar-refractivity contribution in [1.29, 1.82) is 0 Å². The van der Waals surface area contributed by atoms with Crippen LogP contribution in [0.5, 0.6) is 0 Å². The van der Waals surface area contributed by atoms with Gasteiger partial charge in [-0.3, -0.25) is 19.4 Å². The first-order valence-corrected chi connectivity index (χ1v) is 9.62. The predicted molar refractivity (Wildman–Crippen MR) is 102 cm³/mol. The van der Waals surface area contributed by atoms with E-state index in [2.05, 4.69) is 41.8 Å². The number of hydrogen-bond acceptors (Lipinski definition) is 6. The summed E-state index contributed by atoms with van der Waals surface area (Å²) in [6, 6.07) is 6.03. The van der Waals surface area contributed by atoms with Crippen LogP contribution in [0.2, 0.25) is 0 Å². The van der Waals surface area contributed by atoms with Crippen LogP contribution >= 0.6 is 15.9 Å². The van der Waals surface area contributed by atoms with Crippen LogP contribution in [0.3, 0.4) is 0 Å². The molecule has 2 amide bonds. The monoisotopic (exact) mass is 417 g/mol. The van der Waals surface area contributed by atoms with Crippen molar-refractivity contribution in [2.45, 2.75) is 12.8 Å². The van der Waals surface area contributed by atoms with Gasteiger partial charge in [-0.1, -0.05) is 15.9 Å². The van der Waals surface area contributed by atoms with Gasteiger partial charge in [0.1, 0.15) is 12.1 Å². The Morgan fingerprint density at radius 2 is 1.69 bits per heavy atom. The molecule has 0 N–H and O–H groups in total. The molecule has 2 fully saturated rings. The van der Waals surface area contributed by atoms with E-state index < -0.39 is 0 Å². The molecule has 0 bridgehead atoms. The second-order valence-corrected chi connectivity index (χ2v) is 7.54. The number of nitrogens with zero attached hydrogens (tertiary/aromatic N) is 5. The molecule has 0 spiro atoms. The lowest BCUT2D eigenvalue weighted by atomic mass is 10.2. The molecular formula is C18H20BrN5O2. The molecule has 7 nitrogen and oxygen atoms in total. The largest absolute Gasteiger partial charge is 0.353 e. The molecule has 2 aromatic rings. The summed E-state index contributed by atoms with van der Waals surface area (Å²) in [5.41, 5.74) is 0.937. The van der Waals surface area contributed by atoms with Crippen LogP contribution in [0, 0.1) is 0 Å². The molecule has 1 aromatic heterocycles. The van der Waals surface area contributed by atoms with Gasteiger partial charge in [-0.15, -0.1) is 0 Å². The number of anilines is 1. The van der Waals surface area contributed by atoms with Crippen LogP contribution < -0.4 is 4.90 Å². The summed E-state index contributed by atoms with van der Waals surface area (Å²) in [5.74, 6) is 0.888. The van der Waals surface area contributed by atoms with E-state index in [1.54, 1.807) is 6.33 Å². The Morgan fingerprint density at radius 1 is 0.962 bits per heavy atom. The maximum Gasteiger partial charge on any atom is 0.229 e. The number of amides is 2. The minimum Gasteiger partial charge on any atom is -0.353 e. The van der Waals surface area contributed by atoms with Gasteiger partial charge in [0.25, 0.3) is 0 Å². The number of halogens is 1. The summed E-state index contributed by atoms with van der Waals surface area (Å²) in [5, 5.41) is 1.04. The van der Waals surface area contributed by atoms with E-state index in [4.69, 9.17) is 0 Å². The van der Waals surface area contributed by atoms with Crippen LogP contribution in [0.1, 0.15) is 12.8 Å². The molecule has 2 aliphatic rings. The van der Waals surface area contributed by atoms with Gasteiger partial charge in [-0.05, 0) is 18.2 Å². The second-order valence-electron chi connectivity index (χ2n) is 6.63. The molecule has 0 saturated carbocycles. The van der Waals surface area contributed by atoms with Crippen molar-refractivity contribution in [3.05, 3.63) is 29.0 Å². The smallest absolute Gasteiger partial charge is 0.229 e. The third kappa shape index (κ3) is 3.43. The first kappa shape index (κ1) is 17.4. The number of benzene rings is 1. The second kappa shape index (κ2) is 7.28. The van der Waals surface area contributed by atoms with Crippen molar-refractivity contribution >= 4 is 44.5 Å². The predicted octanol–water partition coefficient (Wildman–Crippen LogP) is 1.66. The fraction of sp³-hybridized carbons (Fsp3) is 0.444. The lowest BCUT2D eigenvalue weighted by Crippen LogP contribution is -2.49. The van der Waals surface area contributed by atoms with E-state index in [1.165, 1.54) is 4.90 Å². The number of carbonyl (C=O) groups excluding carboxylic acids is 2. The molecule has 1 aromatic carbocycles. The quantitative estimate of drug-likeness (QED) is 0.704. The number of carbonyl (C=O) groups is 2. The average Bonchev–Trinajstić information content (AvgIpc) is 2.98. The van der Waals surface area contributed by atoms with Crippen LogP contribution in [0.25, 0.3) is 10.9 Å². The zero-order valence-electron chi connectivity index (χ0n) is 14.4. The Balaban J connectivity index is 1.39. The molecule has 2 saturated heterocycles. The van der Waals surface area contributed by atoms with Gasteiger partial charge in [0.05, 0.1) is 5.52 Å². The SMILES string of the molecule is O=C1CCC(=O)N1CCN1CCN(c2ncnc3ccc(Br)cc23)CC1. The van der Waals surface area contributed by atoms with Gasteiger partial charge in [-0.2, -0.15) is 0 Å². The van der Waals surface area contributed by atoms with Crippen molar-refractivity contribution in [1.82, 2.24) is 19.8 Å². The summed E-state index contributed by atoms with van der Waals surface area (Å²) in [4.78, 5) is 38.2. The Hall–Kier alpha value is -2.06. The number of piperazine rings is 1. The molecule has 136 valence electrons. The molecule has 0 atom stereocenters. The highest BCUT2D eigenvalue weighted by Gasteiger charge is 2.29. The van der Waals surface area contributed by atoms with Crippen LogP contribution in [0.15, 0.2) is 29.0 Å². The molecule has 3 heterocycles. The van der Waals surface area contributed by atoms with Crippen molar-refractivity contribution in [2.24, 2.45) is 0 Å². The van der Waals surface area contributed by atoms with Crippen LogP contribution in [-0.2, 0) is 9.59 Å².